The maximum Gasteiger partial charge on any atom is 0.0828 e. The Balaban J connectivity index is 2.09. The molecule has 2 heterocycles. The molecule has 0 saturated carbocycles. The zero-order valence-corrected chi connectivity index (χ0v) is 14.1. The number of hydrogen-bond acceptors (Lipinski definition) is 3. The molecule has 5 heteroatoms. The quantitative estimate of drug-likeness (QED) is 0.919. The van der Waals surface area contributed by atoms with E-state index >= 15 is 0 Å². The molecule has 0 aliphatic carbocycles. The van der Waals surface area contributed by atoms with Gasteiger partial charge in [-0.25, -0.2) is 0 Å². The van der Waals surface area contributed by atoms with E-state index in [1.807, 2.05) is 16.4 Å². The highest BCUT2D eigenvalue weighted by atomic mass is 15.3. The Hall–Kier alpha value is -1.62. The van der Waals surface area contributed by atoms with E-state index < -0.39 is 0 Å². The lowest BCUT2D eigenvalue weighted by molar-refractivity contribution is 0.423. The van der Waals surface area contributed by atoms with Crippen molar-refractivity contribution in [1.29, 1.82) is 0 Å². The molecule has 0 aromatic carbocycles. The van der Waals surface area contributed by atoms with E-state index in [9.17, 15) is 0 Å². The van der Waals surface area contributed by atoms with Crippen LogP contribution in [0.1, 0.15) is 50.3 Å². The topological polar surface area (TPSA) is 47.7 Å². The molecule has 1 N–H and O–H groups in total. The molecule has 0 aliphatic heterocycles. The van der Waals surface area contributed by atoms with Crippen molar-refractivity contribution in [3.8, 4) is 0 Å². The highest BCUT2D eigenvalue weighted by Crippen LogP contribution is 2.11. The monoisotopic (exact) mass is 289 g/mol. The Labute approximate surface area is 127 Å². The highest BCUT2D eigenvalue weighted by Gasteiger charge is 2.12. The van der Waals surface area contributed by atoms with E-state index in [2.05, 4.69) is 62.4 Å². The van der Waals surface area contributed by atoms with Gasteiger partial charge in [0.25, 0.3) is 0 Å². The average Bonchev–Trinajstić information content (AvgIpc) is 2.90. The molecule has 21 heavy (non-hydrogen) atoms. The van der Waals surface area contributed by atoms with Crippen LogP contribution in [0.3, 0.4) is 0 Å². The standard InChI is InChI=1S/C16H27N5/c1-7-14-8-15(20(6)19-14)11-21-10-13(12(2)18-21)9-17-16(3,4)5/h8,10,17H,7,9,11H2,1-6H3. The van der Waals surface area contributed by atoms with Crippen LogP contribution < -0.4 is 5.32 Å². The molecule has 0 saturated heterocycles. The molecule has 2 aromatic heterocycles. The van der Waals surface area contributed by atoms with Gasteiger partial charge in [-0.1, -0.05) is 6.92 Å². The molecular weight excluding hydrogens is 262 g/mol. The first-order valence-electron chi connectivity index (χ1n) is 7.58. The van der Waals surface area contributed by atoms with Crippen LogP contribution in [0, 0.1) is 6.92 Å². The molecule has 116 valence electrons. The van der Waals surface area contributed by atoms with Crippen LogP contribution in [0.5, 0.6) is 0 Å². The van der Waals surface area contributed by atoms with Gasteiger partial charge < -0.3 is 5.32 Å². The van der Waals surface area contributed by atoms with Crippen molar-refractivity contribution < 1.29 is 0 Å². The third-order valence-corrected chi connectivity index (χ3v) is 3.57. The van der Waals surface area contributed by atoms with Gasteiger partial charge in [0.15, 0.2) is 0 Å². The fraction of sp³-hybridized carbons (Fsp3) is 0.625. The fourth-order valence-electron chi connectivity index (χ4n) is 2.23. The van der Waals surface area contributed by atoms with Crippen molar-refractivity contribution >= 4 is 0 Å². The molecule has 5 nitrogen and oxygen atoms in total. The maximum atomic E-state index is 4.62. The van der Waals surface area contributed by atoms with Crippen LogP contribution in [-0.4, -0.2) is 25.1 Å². The van der Waals surface area contributed by atoms with E-state index in [1.54, 1.807) is 0 Å². The van der Waals surface area contributed by atoms with Crippen molar-refractivity contribution in [3.63, 3.8) is 0 Å². The SMILES string of the molecule is CCc1cc(Cn2cc(CNC(C)(C)C)c(C)n2)n(C)n1. The summed E-state index contributed by atoms with van der Waals surface area (Å²) in [6, 6.07) is 2.16. The van der Waals surface area contributed by atoms with E-state index in [4.69, 9.17) is 0 Å². The molecule has 0 spiro atoms. The van der Waals surface area contributed by atoms with Crippen LogP contribution in [0.15, 0.2) is 12.3 Å². The number of aromatic nitrogens is 4. The lowest BCUT2D eigenvalue weighted by atomic mass is 10.1. The molecule has 0 bridgehead atoms. The molecule has 0 fully saturated rings. The average molecular weight is 289 g/mol. The van der Waals surface area contributed by atoms with Gasteiger partial charge in [-0.3, -0.25) is 9.36 Å². The van der Waals surface area contributed by atoms with Gasteiger partial charge >= 0.3 is 0 Å². The zero-order valence-electron chi connectivity index (χ0n) is 14.1. The summed E-state index contributed by atoms with van der Waals surface area (Å²) in [6.07, 6.45) is 3.10. The van der Waals surface area contributed by atoms with Gasteiger partial charge in [-0.05, 0) is 40.2 Å². The van der Waals surface area contributed by atoms with Gasteiger partial charge in [0.2, 0.25) is 0 Å². The van der Waals surface area contributed by atoms with E-state index in [-0.39, 0.29) is 5.54 Å². The van der Waals surface area contributed by atoms with E-state index in [0.717, 1.165) is 30.9 Å². The second-order valence-electron chi connectivity index (χ2n) is 6.65. The third kappa shape index (κ3) is 4.17. The number of aryl methyl sites for hydroxylation is 3. The second kappa shape index (κ2) is 6.02. The number of hydrogen-bond donors (Lipinski definition) is 1. The summed E-state index contributed by atoms with van der Waals surface area (Å²) in [5.74, 6) is 0. The van der Waals surface area contributed by atoms with Gasteiger partial charge in [-0.15, -0.1) is 0 Å². The van der Waals surface area contributed by atoms with Crippen molar-refractivity contribution in [3.05, 3.63) is 34.9 Å². The minimum absolute atomic E-state index is 0.118. The molecule has 0 radical (unpaired) electrons. The second-order valence-corrected chi connectivity index (χ2v) is 6.65. The first-order valence-corrected chi connectivity index (χ1v) is 7.58. The summed E-state index contributed by atoms with van der Waals surface area (Å²) in [6.45, 7) is 12.3. The summed E-state index contributed by atoms with van der Waals surface area (Å²) in [4.78, 5) is 0. The summed E-state index contributed by atoms with van der Waals surface area (Å²) in [5.41, 5.74) is 4.77. The maximum absolute atomic E-state index is 4.62. The predicted octanol–water partition coefficient (Wildman–Crippen LogP) is 2.42. The lowest BCUT2D eigenvalue weighted by Crippen LogP contribution is -2.35. The molecule has 2 rings (SSSR count). The van der Waals surface area contributed by atoms with E-state index in [0.29, 0.717) is 0 Å². The molecule has 2 aromatic rings. The molecule has 0 unspecified atom stereocenters. The molecule has 0 amide bonds. The summed E-state index contributed by atoms with van der Waals surface area (Å²) in [5, 5.41) is 12.6. The van der Waals surface area contributed by atoms with Crippen LogP contribution >= 0.6 is 0 Å². The Bertz CT molecular complexity index is 601. The number of rotatable bonds is 5. The Morgan fingerprint density at radius 3 is 2.52 bits per heavy atom. The van der Waals surface area contributed by atoms with Gasteiger partial charge in [0.05, 0.1) is 23.6 Å². The smallest absolute Gasteiger partial charge is 0.0828 e. The first kappa shape index (κ1) is 15.8. The van der Waals surface area contributed by atoms with Gasteiger partial charge in [0.1, 0.15) is 0 Å². The van der Waals surface area contributed by atoms with Crippen molar-refractivity contribution in [2.75, 3.05) is 0 Å². The molecule has 0 atom stereocenters. The minimum atomic E-state index is 0.118. The largest absolute Gasteiger partial charge is 0.308 e. The van der Waals surface area contributed by atoms with Crippen molar-refractivity contribution in [2.45, 2.75) is 59.7 Å². The van der Waals surface area contributed by atoms with Crippen molar-refractivity contribution in [1.82, 2.24) is 24.9 Å². The molecular formula is C16H27N5. The Morgan fingerprint density at radius 1 is 1.24 bits per heavy atom. The van der Waals surface area contributed by atoms with Crippen molar-refractivity contribution in [2.24, 2.45) is 7.05 Å². The van der Waals surface area contributed by atoms with Crippen LogP contribution in [0.25, 0.3) is 0 Å². The first-order chi connectivity index (χ1) is 9.78. The Morgan fingerprint density at radius 2 is 1.95 bits per heavy atom. The fourth-order valence-corrected chi connectivity index (χ4v) is 2.23. The summed E-state index contributed by atoms with van der Waals surface area (Å²) < 4.78 is 3.95. The number of nitrogens with zero attached hydrogens (tertiary/aromatic N) is 4. The Kier molecular flexibility index (Phi) is 4.52. The normalized spacial score (nSPS) is 12.1. The van der Waals surface area contributed by atoms with E-state index in [1.165, 1.54) is 11.3 Å². The minimum Gasteiger partial charge on any atom is -0.308 e. The lowest BCUT2D eigenvalue weighted by Gasteiger charge is -2.20. The van der Waals surface area contributed by atoms with Crippen LogP contribution in [0.4, 0.5) is 0 Å². The highest BCUT2D eigenvalue weighted by molar-refractivity contribution is 5.17. The number of nitrogens with one attached hydrogen (secondary N) is 1. The zero-order chi connectivity index (χ0) is 15.6. The third-order valence-electron chi connectivity index (χ3n) is 3.57. The van der Waals surface area contributed by atoms with Gasteiger partial charge in [0, 0.05) is 30.9 Å². The summed E-state index contributed by atoms with van der Waals surface area (Å²) in [7, 11) is 1.99. The predicted molar refractivity (Wildman–Crippen MR) is 85.2 cm³/mol. The molecule has 0 aliphatic rings. The summed E-state index contributed by atoms with van der Waals surface area (Å²) >= 11 is 0. The van der Waals surface area contributed by atoms with Crippen LogP contribution in [-0.2, 0) is 26.6 Å². The van der Waals surface area contributed by atoms with Crippen LogP contribution in [0.2, 0.25) is 0 Å². The van der Waals surface area contributed by atoms with Gasteiger partial charge in [-0.2, -0.15) is 10.2 Å².